The number of hydrogen-bond donors (Lipinski definition) is 1. The minimum atomic E-state index is -0.576. The molecule has 0 aliphatic heterocycles. The number of aromatic hydroxyl groups is 1. The van der Waals surface area contributed by atoms with Gasteiger partial charge in [0.15, 0.2) is 11.5 Å². The van der Waals surface area contributed by atoms with Crippen LogP contribution >= 0.6 is 11.6 Å². The van der Waals surface area contributed by atoms with Crippen LogP contribution in [0.1, 0.15) is 12.5 Å². The Hall–Kier alpha value is -1.42. The highest BCUT2D eigenvalue weighted by molar-refractivity contribution is 6.30. The van der Waals surface area contributed by atoms with Crippen molar-refractivity contribution in [2.75, 3.05) is 14.2 Å². The first kappa shape index (κ1) is 13.6. The molecule has 17 heavy (non-hydrogen) atoms. The van der Waals surface area contributed by atoms with Gasteiger partial charge in [-0.15, -0.1) is 11.6 Å². The minimum absolute atomic E-state index is 0.0527. The highest BCUT2D eigenvalue weighted by Crippen LogP contribution is 2.30. The van der Waals surface area contributed by atoms with Crippen molar-refractivity contribution in [1.29, 1.82) is 0 Å². The van der Waals surface area contributed by atoms with Crippen LogP contribution in [0.2, 0.25) is 0 Å². The Morgan fingerprint density at radius 1 is 1.59 bits per heavy atom. The Balaban J connectivity index is 2.85. The van der Waals surface area contributed by atoms with E-state index in [9.17, 15) is 9.90 Å². The van der Waals surface area contributed by atoms with Gasteiger partial charge in [-0.2, -0.15) is 0 Å². The molecule has 0 aliphatic rings. The molecule has 1 aromatic rings. The van der Waals surface area contributed by atoms with Gasteiger partial charge in [0, 0.05) is 19.2 Å². The SMILES string of the molecule is COc1cccc(CN(C)C(=O)C(C)Cl)c1O. The summed E-state index contributed by atoms with van der Waals surface area (Å²) in [5.41, 5.74) is 0.623. The Morgan fingerprint density at radius 3 is 2.76 bits per heavy atom. The number of amides is 1. The standard InChI is InChI=1S/C12H16ClNO3/c1-8(13)12(16)14(2)7-9-5-4-6-10(17-3)11(9)15/h4-6,8,15H,7H2,1-3H3. The monoisotopic (exact) mass is 257 g/mol. The van der Waals surface area contributed by atoms with Crippen LogP contribution in [0.3, 0.4) is 0 Å². The first-order valence-electron chi connectivity index (χ1n) is 5.21. The highest BCUT2D eigenvalue weighted by atomic mass is 35.5. The lowest BCUT2D eigenvalue weighted by molar-refractivity contribution is -0.129. The Kier molecular flexibility index (Phi) is 4.63. The maximum Gasteiger partial charge on any atom is 0.240 e. The average molecular weight is 258 g/mol. The number of carbonyl (C=O) groups is 1. The van der Waals surface area contributed by atoms with Crippen molar-refractivity contribution in [2.24, 2.45) is 0 Å². The largest absolute Gasteiger partial charge is 0.504 e. The summed E-state index contributed by atoms with van der Waals surface area (Å²) in [5.74, 6) is 0.257. The van der Waals surface area contributed by atoms with Gasteiger partial charge in [0.1, 0.15) is 5.38 Å². The summed E-state index contributed by atoms with van der Waals surface area (Å²) in [6.07, 6.45) is 0. The van der Waals surface area contributed by atoms with Gasteiger partial charge in [-0.05, 0) is 13.0 Å². The third-order valence-corrected chi connectivity index (χ3v) is 2.61. The molecule has 0 bridgehead atoms. The third kappa shape index (κ3) is 3.27. The van der Waals surface area contributed by atoms with Gasteiger partial charge in [-0.3, -0.25) is 4.79 Å². The van der Waals surface area contributed by atoms with Crippen LogP contribution < -0.4 is 4.74 Å². The molecule has 4 nitrogen and oxygen atoms in total. The number of halogens is 1. The fourth-order valence-electron chi connectivity index (χ4n) is 1.50. The smallest absolute Gasteiger partial charge is 0.240 e. The van der Waals surface area contributed by atoms with Gasteiger partial charge in [0.25, 0.3) is 0 Å². The number of carbonyl (C=O) groups excluding carboxylic acids is 1. The molecule has 0 aliphatic carbocycles. The summed E-state index contributed by atoms with van der Waals surface area (Å²) in [6.45, 7) is 1.91. The second-order valence-corrected chi connectivity index (χ2v) is 4.43. The van der Waals surface area contributed by atoms with Crippen LogP contribution in [0.4, 0.5) is 0 Å². The number of benzene rings is 1. The van der Waals surface area contributed by atoms with Crippen molar-refractivity contribution >= 4 is 17.5 Å². The highest BCUT2D eigenvalue weighted by Gasteiger charge is 2.17. The van der Waals surface area contributed by atoms with Crippen molar-refractivity contribution < 1.29 is 14.6 Å². The molecule has 1 rings (SSSR count). The number of phenols is 1. The van der Waals surface area contributed by atoms with E-state index in [0.717, 1.165) is 0 Å². The summed E-state index contributed by atoms with van der Waals surface area (Å²) >= 11 is 5.71. The van der Waals surface area contributed by atoms with E-state index in [2.05, 4.69) is 0 Å². The zero-order valence-electron chi connectivity index (χ0n) is 10.1. The van der Waals surface area contributed by atoms with E-state index >= 15 is 0 Å². The third-order valence-electron chi connectivity index (χ3n) is 2.43. The van der Waals surface area contributed by atoms with E-state index in [1.807, 2.05) is 0 Å². The Morgan fingerprint density at radius 2 is 2.24 bits per heavy atom. The molecule has 1 N–H and O–H groups in total. The van der Waals surface area contributed by atoms with Gasteiger partial charge in [0.05, 0.1) is 7.11 Å². The second kappa shape index (κ2) is 5.77. The Bertz CT molecular complexity index is 407. The number of para-hydroxylation sites is 1. The van der Waals surface area contributed by atoms with E-state index in [4.69, 9.17) is 16.3 Å². The average Bonchev–Trinajstić information content (AvgIpc) is 2.30. The topological polar surface area (TPSA) is 49.8 Å². The lowest BCUT2D eigenvalue weighted by Crippen LogP contribution is -2.31. The molecule has 1 aromatic carbocycles. The maximum atomic E-state index is 11.6. The normalized spacial score (nSPS) is 12.0. The predicted octanol–water partition coefficient (Wildman–Crippen LogP) is 1.99. The molecule has 0 heterocycles. The summed E-state index contributed by atoms with van der Waals surface area (Å²) in [7, 11) is 3.12. The summed E-state index contributed by atoms with van der Waals surface area (Å²) in [5, 5.41) is 9.29. The van der Waals surface area contributed by atoms with Crippen LogP contribution in [0.15, 0.2) is 18.2 Å². The summed E-state index contributed by atoms with van der Waals surface area (Å²) in [4.78, 5) is 13.1. The summed E-state index contributed by atoms with van der Waals surface area (Å²) in [6, 6.07) is 5.15. The minimum Gasteiger partial charge on any atom is -0.504 e. The molecule has 0 saturated carbocycles. The van der Waals surface area contributed by atoms with Gasteiger partial charge in [-0.1, -0.05) is 12.1 Å². The molecular weight excluding hydrogens is 242 g/mol. The van der Waals surface area contributed by atoms with Gasteiger partial charge < -0.3 is 14.7 Å². The quantitative estimate of drug-likeness (QED) is 0.840. The van der Waals surface area contributed by atoms with E-state index in [1.165, 1.54) is 12.0 Å². The number of rotatable bonds is 4. The van der Waals surface area contributed by atoms with Crippen molar-refractivity contribution in [3.05, 3.63) is 23.8 Å². The molecule has 0 radical (unpaired) electrons. The van der Waals surface area contributed by atoms with Gasteiger partial charge in [0.2, 0.25) is 5.91 Å². The van der Waals surface area contributed by atoms with Crippen LogP contribution in [-0.4, -0.2) is 35.4 Å². The number of hydrogen-bond acceptors (Lipinski definition) is 3. The number of ether oxygens (including phenoxy) is 1. The van der Waals surface area contributed by atoms with Crippen LogP contribution in [0, 0.1) is 0 Å². The second-order valence-electron chi connectivity index (χ2n) is 3.78. The van der Waals surface area contributed by atoms with Crippen LogP contribution in [0.5, 0.6) is 11.5 Å². The number of alkyl halides is 1. The Labute approximate surface area is 106 Å². The summed E-state index contributed by atoms with van der Waals surface area (Å²) < 4.78 is 5.00. The molecule has 0 saturated heterocycles. The molecule has 0 fully saturated rings. The molecule has 94 valence electrons. The number of methoxy groups -OCH3 is 1. The first-order valence-corrected chi connectivity index (χ1v) is 5.65. The van der Waals surface area contributed by atoms with E-state index in [-0.39, 0.29) is 11.7 Å². The van der Waals surface area contributed by atoms with Crippen LogP contribution in [-0.2, 0) is 11.3 Å². The number of nitrogens with zero attached hydrogens (tertiary/aromatic N) is 1. The zero-order chi connectivity index (χ0) is 13.0. The molecule has 1 unspecified atom stereocenters. The van der Waals surface area contributed by atoms with Crippen molar-refractivity contribution in [3.63, 3.8) is 0 Å². The molecular formula is C12H16ClNO3. The fourth-order valence-corrected chi connectivity index (χ4v) is 1.66. The lowest BCUT2D eigenvalue weighted by Gasteiger charge is -2.19. The van der Waals surface area contributed by atoms with E-state index in [1.54, 1.807) is 32.2 Å². The van der Waals surface area contributed by atoms with Crippen LogP contribution in [0.25, 0.3) is 0 Å². The molecule has 1 amide bonds. The molecule has 0 spiro atoms. The molecule has 5 heteroatoms. The first-order chi connectivity index (χ1) is 7.97. The van der Waals surface area contributed by atoms with E-state index < -0.39 is 5.38 Å². The lowest BCUT2D eigenvalue weighted by atomic mass is 10.1. The number of phenolic OH excluding ortho intramolecular Hbond substituents is 1. The fraction of sp³-hybridized carbons (Fsp3) is 0.417. The maximum absolute atomic E-state index is 11.6. The molecule has 0 aromatic heterocycles. The van der Waals surface area contributed by atoms with Crippen molar-refractivity contribution in [2.45, 2.75) is 18.8 Å². The van der Waals surface area contributed by atoms with Crippen molar-refractivity contribution in [3.8, 4) is 11.5 Å². The zero-order valence-corrected chi connectivity index (χ0v) is 10.9. The predicted molar refractivity (Wildman–Crippen MR) is 66.4 cm³/mol. The van der Waals surface area contributed by atoms with E-state index in [0.29, 0.717) is 17.9 Å². The van der Waals surface area contributed by atoms with Gasteiger partial charge in [-0.25, -0.2) is 0 Å². The molecule has 1 atom stereocenters. The van der Waals surface area contributed by atoms with Crippen molar-refractivity contribution in [1.82, 2.24) is 4.90 Å². The van der Waals surface area contributed by atoms with Gasteiger partial charge >= 0.3 is 0 Å².